The predicted molar refractivity (Wildman–Crippen MR) is 67.0 cm³/mol. The van der Waals surface area contributed by atoms with E-state index in [1.165, 1.54) is 18.6 Å². The number of nitrogens with zero attached hydrogens (tertiary/aromatic N) is 1. The summed E-state index contributed by atoms with van der Waals surface area (Å²) < 4.78 is 13.1. The van der Waals surface area contributed by atoms with Crippen molar-refractivity contribution in [3.05, 3.63) is 29.6 Å². The topological polar surface area (TPSA) is 20.3 Å². The molecule has 0 atom stereocenters. The summed E-state index contributed by atoms with van der Waals surface area (Å²) in [6, 6.07) is 4.44. The molecular weight excluding hydrogens is 217 g/mol. The number of hydrogen-bond acceptors (Lipinski definition) is 2. The van der Waals surface area contributed by atoms with Gasteiger partial charge in [0.2, 0.25) is 0 Å². The number of hydrogen-bond donors (Lipinski definition) is 0. The summed E-state index contributed by atoms with van der Waals surface area (Å²) in [7, 11) is 0. The molecule has 17 heavy (non-hydrogen) atoms. The highest BCUT2D eigenvalue weighted by molar-refractivity contribution is 5.84. The van der Waals surface area contributed by atoms with Crippen LogP contribution in [0.5, 0.6) is 0 Å². The molecule has 3 heteroatoms. The van der Waals surface area contributed by atoms with Gasteiger partial charge in [-0.1, -0.05) is 13.8 Å². The van der Waals surface area contributed by atoms with Gasteiger partial charge in [0.25, 0.3) is 0 Å². The van der Waals surface area contributed by atoms with Crippen LogP contribution in [-0.4, -0.2) is 19.4 Å². The van der Waals surface area contributed by atoms with Gasteiger partial charge < -0.3 is 4.90 Å². The Morgan fingerprint density at radius 1 is 1.41 bits per heavy atom. The Morgan fingerprint density at radius 2 is 2.18 bits per heavy atom. The van der Waals surface area contributed by atoms with Gasteiger partial charge in [-0.2, -0.15) is 0 Å². The summed E-state index contributed by atoms with van der Waals surface area (Å²) in [5, 5.41) is 0. The van der Waals surface area contributed by atoms with Crippen molar-refractivity contribution in [3.63, 3.8) is 0 Å². The molecule has 1 aromatic rings. The zero-order chi connectivity index (χ0) is 12.5. The first kappa shape index (κ1) is 12.1. The lowest BCUT2D eigenvalue weighted by Gasteiger charge is -2.39. The van der Waals surface area contributed by atoms with Crippen LogP contribution in [0.2, 0.25) is 0 Å². The maximum Gasteiger partial charge on any atom is 0.152 e. The molecule has 1 aromatic carbocycles. The van der Waals surface area contributed by atoms with Crippen molar-refractivity contribution in [1.82, 2.24) is 0 Å². The number of rotatable bonds is 2. The Balaban J connectivity index is 2.30. The average molecular weight is 235 g/mol. The molecule has 0 radical (unpaired) electrons. The number of benzene rings is 1. The van der Waals surface area contributed by atoms with E-state index in [0.29, 0.717) is 5.56 Å². The standard InChI is InChI=1S/C14H18FNO/c1-14(2)6-3-7-16(10-14)13-5-4-12(15)8-11(13)9-17/h4-5,8-9H,3,6-7,10H2,1-2H3. The van der Waals surface area contributed by atoms with Crippen LogP contribution >= 0.6 is 0 Å². The van der Waals surface area contributed by atoms with Crippen molar-refractivity contribution in [1.29, 1.82) is 0 Å². The van der Waals surface area contributed by atoms with Crippen molar-refractivity contribution in [2.75, 3.05) is 18.0 Å². The lowest BCUT2D eigenvalue weighted by Crippen LogP contribution is -2.40. The van der Waals surface area contributed by atoms with Crippen molar-refractivity contribution in [3.8, 4) is 0 Å². The Hall–Kier alpha value is -1.38. The largest absolute Gasteiger partial charge is 0.370 e. The third kappa shape index (κ3) is 2.65. The van der Waals surface area contributed by atoms with E-state index in [2.05, 4.69) is 18.7 Å². The van der Waals surface area contributed by atoms with Gasteiger partial charge in [-0.25, -0.2) is 4.39 Å². The molecule has 0 amide bonds. The molecule has 0 spiro atoms. The summed E-state index contributed by atoms with van der Waals surface area (Å²) in [5.41, 5.74) is 1.56. The van der Waals surface area contributed by atoms with Crippen LogP contribution in [0, 0.1) is 11.2 Å². The number of aldehydes is 1. The summed E-state index contributed by atoms with van der Waals surface area (Å²) in [6.07, 6.45) is 3.05. The number of anilines is 1. The van der Waals surface area contributed by atoms with Gasteiger partial charge in [-0.3, -0.25) is 4.79 Å². The van der Waals surface area contributed by atoms with E-state index in [0.717, 1.165) is 31.5 Å². The van der Waals surface area contributed by atoms with Gasteiger partial charge in [-0.05, 0) is 36.5 Å². The van der Waals surface area contributed by atoms with Gasteiger partial charge in [-0.15, -0.1) is 0 Å². The first-order chi connectivity index (χ1) is 8.02. The summed E-state index contributed by atoms with van der Waals surface area (Å²) in [4.78, 5) is 13.2. The molecule has 0 N–H and O–H groups in total. The average Bonchev–Trinajstić information content (AvgIpc) is 2.27. The predicted octanol–water partition coefficient (Wildman–Crippen LogP) is 3.26. The second-order valence-corrected chi connectivity index (χ2v) is 5.51. The number of halogens is 1. The first-order valence-corrected chi connectivity index (χ1v) is 6.01. The van der Waals surface area contributed by atoms with Crippen LogP contribution in [0.1, 0.15) is 37.0 Å². The zero-order valence-electron chi connectivity index (χ0n) is 10.4. The molecule has 2 rings (SSSR count). The van der Waals surface area contributed by atoms with E-state index in [9.17, 15) is 9.18 Å². The fourth-order valence-electron chi connectivity index (χ4n) is 2.54. The number of carbonyl (C=O) groups excluding carboxylic acids is 1. The van der Waals surface area contributed by atoms with Crippen molar-refractivity contribution in [2.45, 2.75) is 26.7 Å². The molecule has 0 aromatic heterocycles. The van der Waals surface area contributed by atoms with Crippen LogP contribution in [-0.2, 0) is 0 Å². The lowest BCUT2D eigenvalue weighted by atomic mass is 9.84. The van der Waals surface area contributed by atoms with Crippen LogP contribution in [0.4, 0.5) is 10.1 Å². The van der Waals surface area contributed by atoms with E-state index in [4.69, 9.17) is 0 Å². The fraction of sp³-hybridized carbons (Fsp3) is 0.500. The summed E-state index contributed by atoms with van der Waals surface area (Å²) in [6.45, 7) is 6.31. The molecule has 1 heterocycles. The summed E-state index contributed by atoms with van der Waals surface area (Å²) in [5.74, 6) is -0.355. The van der Waals surface area contributed by atoms with Gasteiger partial charge in [0.05, 0.1) is 0 Å². The van der Waals surface area contributed by atoms with Gasteiger partial charge in [0.1, 0.15) is 5.82 Å². The van der Waals surface area contributed by atoms with Crippen molar-refractivity contribution < 1.29 is 9.18 Å². The molecule has 0 aliphatic carbocycles. The molecule has 1 aliphatic rings. The van der Waals surface area contributed by atoms with Crippen LogP contribution < -0.4 is 4.90 Å². The fourth-order valence-corrected chi connectivity index (χ4v) is 2.54. The van der Waals surface area contributed by atoms with Crippen LogP contribution in [0.15, 0.2) is 18.2 Å². The van der Waals surface area contributed by atoms with E-state index in [-0.39, 0.29) is 11.2 Å². The Labute approximate surface area is 101 Å². The normalized spacial score (nSPS) is 19.1. The van der Waals surface area contributed by atoms with E-state index in [1.54, 1.807) is 6.07 Å². The molecule has 0 unspecified atom stereocenters. The highest BCUT2D eigenvalue weighted by Crippen LogP contribution is 2.32. The van der Waals surface area contributed by atoms with Crippen molar-refractivity contribution >= 4 is 12.0 Å². The second kappa shape index (κ2) is 4.47. The molecule has 1 saturated heterocycles. The molecule has 2 nitrogen and oxygen atoms in total. The first-order valence-electron chi connectivity index (χ1n) is 6.01. The molecule has 0 saturated carbocycles. The SMILES string of the molecule is CC1(C)CCCN(c2ccc(F)cc2C=O)C1. The molecule has 0 bridgehead atoms. The number of piperidine rings is 1. The second-order valence-electron chi connectivity index (χ2n) is 5.51. The maximum absolute atomic E-state index is 13.1. The minimum Gasteiger partial charge on any atom is -0.370 e. The minimum absolute atomic E-state index is 0.257. The van der Waals surface area contributed by atoms with Gasteiger partial charge >= 0.3 is 0 Å². The highest BCUT2D eigenvalue weighted by atomic mass is 19.1. The molecule has 1 fully saturated rings. The zero-order valence-corrected chi connectivity index (χ0v) is 10.4. The molecular formula is C14H18FNO. The van der Waals surface area contributed by atoms with Crippen LogP contribution in [0.3, 0.4) is 0 Å². The van der Waals surface area contributed by atoms with Crippen LogP contribution in [0.25, 0.3) is 0 Å². The van der Waals surface area contributed by atoms with E-state index < -0.39 is 0 Å². The lowest BCUT2D eigenvalue weighted by molar-refractivity contribution is 0.112. The quantitative estimate of drug-likeness (QED) is 0.733. The van der Waals surface area contributed by atoms with Gasteiger partial charge in [0.15, 0.2) is 6.29 Å². The maximum atomic E-state index is 13.1. The number of carbonyl (C=O) groups is 1. The van der Waals surface area contributed by atoms with E-state index >= 15 is 0 Å². The third-order valence-corrected chi connectivity index (χ3v) is 3.36. The monoisotopic (exact) mass is 235 g/mol. The van der Waals surface area contributed by atoms with Crippen molar-refractivity contribution in [2.24, 2.45) is 5.41 Å². The highest BCUT2D eigenvalue weighted by Gasteiger charge is 2.27. The Kier molecular flexibility index (Phi) is 3.18. The summed E-state index contributed by atoms with van der Waals surface area (Å²) >= 11 is 0. The molecule has 92 valence electrons. The molecule has 1 aliphatic heterocycles. The Morgan fingerprint density at radius 3 is 2.82 bits per heavy atom. The van der Waals surface area contributed by atoms with Gasteiger partial charge in [0, 0.05) is 24.3 Å². The third-order valence-electron chi connectivity index (χ3n) is 3.36. The smallest absolute Gasteiger partial charge is 0.152 e. The Bertz CT molecular complexity index is 428. The van der Waals surface area contributed by atoms with E-state index in [1.807, 2.05) is 0 Å². The minimum atomic E-state index is -0.355.